The molecule has 0 atom stereocenters. The average Bonchev–Trinajstić information content (AvgIpc) is 3.09. The van der Waals surface area contributed by atoms with E-state index in [1.807, 2.05) is 17.6 Å². The van der Waals surface area contributed by atoms with Crippen LogP contribution in [0.4, 0.5) is 0 Å². The van der Waals surface area contributed by atoms with Crippen LogP contribution in [0, 0.1) is 0 Å². The van der Waals surface area contributed by atoms with Gasteiger partial charge in [0.05, 0.1) is 25.2 Å². The lowest BCUT2D eigenvalue weighted by molar-refractivity contribution is 0.0997. The molecule has 1 heterocycles. The number of nitrogens with zero attached hydrogens (tertiary/aromatic N) is 3. The van der Waals surface area contributed by atoms with E-state index in [2.05, 4.69) is 4.99 Å². The molecule has 0 unspecified atom stereocenters. The molecule has 0 bridgehead atoms. The fourth-order valence-electron chi connectivity index (χ4n) is 3.12. The van der Waals surface area contributed by atoms with E-state index in [9.17, 15) is 13.2 Å². The monoisotopic (exact) mass is 485 g/mol. The Morgan fingerprint density at radius 1 is 1.07 bits per heavy atom. The lowest BCUT2D eigenvalue weighted by Gasteiger charge is -2.18. The van der Waals surface area contributed by atoms with Gasteiger partial charge in [-0.3, -0.25) is 4.79 Å². The molecule has 10 heteroatoms. The summed E-state index contributed by atoms with van der Waals surface area (Å²) in [7, 11) is -3.58. The molecule has 0 aliphatic rings. The maximum absolute atomic E-state index is 12.7. The zero-order chi connectivity index (χ0) is 22.1. The van der Waals surface area contributed by atoms with E-state index in [0.29, 0.717) is 40.0 Å². The summed E-state index contributed by atoms with van der Waals surface area (Å²) < 4.78 is 29.3. The van der Waals surface area contributed by atoms with Crippen LogP contribution in [0.1, 0.15) is 31.1 Å². The van der Waals surface area contributed by atoms with Crippen LogP contribution in [0.2, 0.25) is 10.0 Å². The molecule has 160 valence electrons. The highest BCUT2D eigenvalue weighted by molar-refractivity contribution is 7.89. The second-order valence-electron chi connectivity index (χ2n) is 6.37. The number of sulfonamides is 1. The Bertz CT molecular complexity index is 1260. The van der Waals surface area contributed by atoms with Crippen LogP contribution < -0.4 is 4.80 Å². The molecule has 0 radical (unpaired) electrons. The number of hydrogen-bond acceptors (Lipinski definition) is 4. The van der Waals surface area contributed by atoms with Gasteiger partial charge in [-0.05, 0) is 43.3 Å². The van der Waals surface area contributed by atoms with Crippen molar-refractivity contribution in [1.82, 2.24) is 8.87 Å². The van der Waals surface area contributed by atoms with E-state index in [-0.39, 0.29) is 4.90 Å². The molecule has 30 heavy (non-hydrogen) atoms. The lowest BCUT2D eigenvalue weighted by atomic mass is 10.2. The van der Waals surface area contributed by atoms with Crippen molar-refractivity contribution in [2.45, 2.75) is 32.2 Å². The molecule has 1 amide bonds. The van der Waals surface area contributed by atoms with Crippen molar-refractivity contribution in [1.29, 1.82) is 0 Å². The first-order valence-corrected chi connectivity index (χ1v) is 12.4. The molecular weight excluding hydrogens is 465 g/mol. The first-order chi connectivity index (χ1) is 14.2. The predicted octanol–water partition coefficient (Wildman–Crippen LogP) is 4.80. The van der Waals surface area contributed by atoms with Gasteiger partial charge in [0.15, 0.2) is 4.80 Å². The van der Waals surface area contributed by atoms with E-state index in [1.165, 1.54) is 39.9 Å². The number of fused-ring (bicyclic) bond motifs is 1. The molecule has 0 fully saturated rings. The van der Waals surface area contributed by atoms with Crippen molar-refractivity contribution in [3.8, 4) is 0 Å². The minimum atomic E-state index is -3.58. The summed E-state index contributed by atoms with van der Waals surface area (Å²) in [6, 6.07) is 9.39. The smallest absolute Gasteiger partial charge is 0.279 e. The standard InChI is InChI=1S/C20H21Cl2N3O3S2/c1-4-24(5-2)30(27,28)14-9-7-13(8-10-14)19(26)23-20-25(6-3)18-16(29-20)12-11-15(21)17(18)22/h7-12H,4-6H2,1-3H3. The van der Waals surface area contributed by atoms with Gasteiger partial charge in [-0.1, -0.05) is 48.4 Å². The Balaban J connectivity index is 2.01. The van der Waals surface area contributed by atoms with Gasteiger partial charge >= 0.3 is 0 Å². The van der Waals surface area contributed by atoms with E-state index in [0.717, 1.165) is 10.2 Å². The summed E-state index contributed by atoms with van der Waals surface area (Å²) >= 11 is 13.8. The Labute approximate surface area is 189 Å². The third-order valence-electron chi connectivity index (χ3n) is 4.69. The van der Waals surface area contributed by atoms with Crippen LogP contribution in [0.3, 0.4) is 0 Å². The molecule has 6 nitrogen and oxygen atoms in total. The highest BCUT2D eigenvalue weighted by atomic mass is 35.5. The number of carbonyl (C=O) groups is 1. The molecule has 2 aromatic carbocycles. The summed E-state index contributed by atoms with van der Waals surface area (Å²) in [4.78, 5) is 17.6. The topological polar surface area (TPSA) is 71.7 Å². The Kier molecular flexibility index (Phi) is 7.04. The SMILES string of the molecule is CCN(CC)S(=O)(=O)c1ccc(C(=O)N=c2sc3ccc(Cl)c(Cl)c3n2CC)cc1. The van der Waals surface area contributed by atoms with Gasteiger partial charge in [0.1, 0.15) is 0 Å². The minimum Gasteiger partial charge on any atom is -0.315 e. The van der Waals surface area contributed by atoms with Crippen LogP contribution in [0.25, 0.3) is 10.2 Å². The van der Waals surface area contributed by atoms with Crippen LogP contribution in [-0.4, -0.2) is 36.3 Å². The highest BCUT2D eigenvalue weighted by Crippen LogP contribution is 2.32. The van der Waals surface area contributed by atoms with Crippen molar-refractivity contribution in [2.75, 3.05) is 13.1 Å². The normalized spacial score (nSPS) is 12.8. The van der Waals surface area contributed by atoms with E-state index < -0.39 is 15.9 Å². The molecule has 0 saturated carbocycles. The molecule has 0 spiro atoms. The number of halogens is 2. The number of thiazole rings is 1. The summed E-state index contributed by atoms with van der Waals surface area (Å²) in [6.07, 6.45) is 0. The zero-order valence-electron chi connectivity index (χ0n) is 16.7. The molecule has 0 aliphatic heterocycles. The van der Waals surface area contributed by atoms with Gasteiger partial charge in [0.2, 0.25) is 10.0 Å². The van der Waals surface area contributed by atoms with Crippen molar-refractivity contribution in [3.05, 3.63) is 56.8 Å². The van der Waals surface area contributed by atoms with Crippen molar-refractivity contribution in [3.63, 3.8) is 0 Å². The van der Waals surface area contributed by atoms with Crippen molar-refractivity contribution in [2.24, 2.45) is 4.99 Å². The van der Waals surface area contributed by atoms with E-state index in [1.54, 1.807) is 19.9 Å². The molecule has 1 aromatic heterocycles. The van der Waals surface area contributed by atoms with Gasteiger partial charge in [-0.2, -0.15) is 9.30 Å². The molecular formula is C20H21Cl2N3O3S2. The Morgan fingerprint density at radius 2 is 1.70 bits per heavy atom. The van der Waals surface area contributed by atoms with Crippen molar-refractivity contribution < 1.29 is 13.2 Å². The largest absolute Gasteiger partial charge is 0.315 e. The Morgan fingerprint density at radius 3 is 2.27 bits per heavy atom. The van der Waals surface area contributed by atoms with Crippen LogP contribution in [-0.2, 0) is 16.6 Å². The van der Waals surface area contributed by atoms with E-state index >= 15 is 0 Å². The van der Waals surface area contributed by atoms with E-state index in [4.69, 9.17) is 23.2 Å². The third kappa shape index (κ3) is 4.20. The number of rotatable bonds is 6. The van der Waals surface area contributed by atoms with Gasteiger partial charge < -0.3 is 4.57 Å². The van der Waals surface area contributed by atoms with Crippen LogP contribution in [0.15, 0.2) is 46.3 Å². The molecule has 0 saturated heterocycles. The van der Waals surface area contributed by atoms with Gasteiger partial charge in [0, 0.05) is 25.2 Å². The van der Waals surface area contributed by atoms with Crippen LogP contribution in [0.5, 0.6) is 0 Å². The fourth-order valence-corrected chi connectivity index (χ4v) is 6.15. The predicted molar refractivity (Wildman–Crippen MR) is 122 cm³/mol. The lowest BCUT2D eigenvalue weighted by Crippen LogP contribution is -2.30. The number of carbonyl (C=O) groups excluding carboxylic acids is 1. The molecule has 3 rings (SSSR count). The molecule has 0 N–H and O–H groups in total. The van der Waals surface area contributed by atoms with Crippen molar-refractivity contribution >= 4 is 60.7 Å². The fraction of sp³-hybridized carbons (Fsp3) is 0.300. The number of benzene rings is 2. The maximum Gasteiger partial charge on any atom is 0.279 e. The molecule has 0 aliphatic carbocycles. The first kappa shape index (κ1) is 23.0. The summed E-state index contributed by atoms with van der Waals surface area (Å²) in [6.45, 7) is 6.82. The average molecular weight is 486 g/mol. The summed E-state index contributed by atoms with van der Waals surface area (Å²) in [5, 5.41) is 0.860. The number of aromatic nitrogens is 1. The van der Waals surface area contributed by atoms with Gasteiger partial charge in [0.25, 0.3) is 5.91 Å². The van der Waals surface area contributed by atoms with Crippen LogP contribution >= 0.6 is 34.5 Å². The Hall–Kier alpha value is -1.71. The second-order valence-corrected chi connectivity index (χ2v) is 10.1. The number of aryl methyl sites for hydroxylation is 1. The van der Waals surface area contributed by atoms with Gasteiger partial charge in [-0.15, -0.1) is 0 Å². The summed E-state index contributed by atoms with van der Waals surface area (Å²) in [5.41, 5.74) is 1.04. The third-order valence-corrected chi connectivity index (χ3v) is 8.59. The second kappa shape index (κ2) is 9.20. The quantitative estimate of drug-likeness (QED) is 0.503. The zero-order valence-corrected chi connectivity index (χ0v) is 19.9. The van der Waals surface area contributed by atoms with Gasteiger partial charge in [-0.25, -0.2) is 8.42 Å². The first-order valence-electron chi connectivity index (χ1n) is 9.41. The highest BCUT2D eigenvalue weighted by Gasteiger charge is 2.21. The number of hydrogen-bond donors (Lipinski definition) is 0. The molecule has 3 aromatic rings. The maximum atomic E-state index is 12.7. The minimum absolute atomic E-state index is 0.148. The number of amides is 1. The summed E-state index contributed by atoms with van der Waals surface area (Å²) in [5.74, 6) is -0.460.